The first kappa shape index (κ1) is 14.0. The summed E-state index contributed by atoms with van der Waals surface area (Å²) in [7, 11) is 1.61. The van der Waals surface area contributed by atoms with Gasteiger partial charge in [0.25, 0.3) is 6.43 Å². The lowest BCUT2D eigenvalue weighted by molar-refractivity contribution is 0.0215. The first-order chi connectivity index (χ1) is 9.19. The van der Waals surface area contributed by atoms with Crippen molar-refractivity contribution < 1.29 is 18.3 Å². The third-order valence-electron chi connectivity index (χ3n) is 2.36. The molecule has 0 aliphatic rings. The van der Waals surface area contributed by atoms with Gasteiger partial charge in [0.1, 0.15) is 12.4 Å². The van der Waals surface area contributed by atoms with Gasteiger partial charge in [0.05, 0.1) is 23.9 Å². The molecule has 7 heteroatoms. The predicted molar refractivity (Wildman–Crippen MR) is 71.5 cm³/mol. The lowest BCUT2D eigenvalue weighted by Crippen LogP contribution is -2.12. The van der Waals surface area contributed by atoms with Crippen molar-refractivity contribution >= 4 is 26.7 Å². The Labute approximate surface area is 113 Å². The monoisotopic (exact) mass is 288 g/mol. The van der Waals surface area contributed by atoms with E-state index in [2.05, 4.69) is 10.3 Å². The third-order valence-corrected chi connectivity index (χ3v) is 3.34. The highest BCUT2D eigenvalue weighted by atomic mass is 32.1. The van der Waals surface area contributed by atoms with E-state index in [0.29, 0.717) is 6.54 Å². The number of nitrogens with one attached hydrogen (secondary N) is 1. The highest BCUT2D eigenvalue weighted by Gasteiger charge is 2.05. The van der Waals surface area contributed by atoms with Crippen molar-refractivity contribution in [3.8, 4) is 5.75 Å². The number of ether oxygens (including phenoxy) is 2. The number of thiazole rings is 1. The van der Waals surface area contributed by atoms with Crippen LogP contribution in [0.5, 0.6) is 5.75 Å². The van der Waals surface area contributed by atoms with Crippen LogP contribution < -0.4 is 10.1 Å². The van der Waals surface area contributed by atoms with Gasteiger partial charge in [-0.25, -0.2) is 13.8 Å². The van der Waals surface area contributed by atoms with Crippen LogP contribution in [-0.4, -0.2) is 38.3 Å². The summed E-state index contributed by atoms with van der Waals surface area (Å²) in [6.45, 7) is 0.145. The van der Waals surface area contributed by atoms with E-state index < -0.39 is 13.0 Å². The molecule has 0 aliphatic heterocycles. The van der Waals surface area contributed by atoms with Crippen molar-refractivity contribution in [2.75, 3.05) is 32.2 Å². The fourth-order valence-corrected chi connectivity index (χ4v) is 2.43. The van der Waals surface area contributed by atoms with Crippen molar-refractivity contribution in [3.05, 3.63) is 18.2 Å². The SMILES string of the molecule is COc1ccc2nc(NCCOCC(F)F)sc2c1. The van der Waals surface area contributed by atoms with Gasteiger partial charge in [-0.05, 0) is 18.2 Å². The van der Waals surface area contributed by atoms with Gasteiger partial charge in [-0.3, -0.25) is 0 Å². The van der Waals surface area contributed by atoms with Crippen LogP contribution in [0.1, 0.15) is 0 Å². The van der Waals surface area contributed by atoms with E-state index in [1.54, 1.807) is 7.11 Å². The highest BCUT2D eigenvalue weighted by molar-refractivity contribution is 7.22. The number of hydrogen-bond acceptors (Lipinski definition) is 5. The Hall–Kier alpha value is -1.47. The number of anilines is 1. The van der Waals surface area contributed by atoms with Crippen LogP contribution >= 0.6 is 11.3 Å². The van der Waals surface area contributed by atoms with Crippen LogP contribution in [0.4, 0.5) is 13.9 Å². The lowest BCUT2D eigenvalue weighted by atomic mass is 10.3. The van der Waals surface area contributed by atoms with Crippen molar-refractivity contribution in [1.29, 1.82) is 0 Å². The lowest BCUT2D eigenvalue weighted by Gasteiger charge is -2.03. The molecule has 104 valence electrons. The second kappa shape index (κ2) is 6.63. The van der Waals surface area contributed by atoms with Crippen molar-refractivity contribution in [3.63, 3.8) is 0 Å². The van der Waals surface area contributed by atoms with Crippen LogP contribution in [0.25, 0.3) is 10.2 Å². The van der Waals surface area contributed by atoms with Crippen LogP contribution in [0.15, 0.2) is 18.2 Å². The molecule has 1 aromatic carbocycles. The highest BCUT2D eigenvalue weighted by Crippen LogP contribution is 2.28. The number of nitrogens with zero attached hydrogens (tertiary/aromatic N) is 1. The Bertz CT molecular complexity index is 533. The standard InChI is InChI=1S/C12H14F2N2O2S/c1-17-8-2-3-9-10(6-8)19-12(16-9)15-4-5-18-7-11(13)14/h2-3,6,11H,4-5,7H2,1H3,(H,15,16). The Morgan fingerprint density at radius 1 is 1.42 bits per heavy atom. The number of alkyl halides is 2. The molecule has 0 bridgehead atoms. The molecule has 0 aliphatic carbocycles. The fourth-order valence-electron chi connectivity index (χ4n) is 1.51. The Balaban J connectivity index is 1.87. The molecule has 1 aromatic heterocycles. The molecule has 4 nitrogen and oxygen atoms in total. The first-order valence-corrected chi connectivity index (χ1v) is 6.55. The van der Waals surface area contributed by atoms with Crippen LogP contribution in [0.3, 0.4) is 0 Å². The van der Waals surface area contributed by atoms with Gasteiger partial charge < -0.3 is 14.8 Å². The van der Waals surface area contributed by atoms with E-state index in [4.69, 9.17) is 9.47 Å². The minimum atomic E-state index is -2.42. The molecule has 0 amide bonds. The number of hydrogen-bond donors (Lipinski definition) is 1. The molecule has 2 aromatic rings. The zero-order chi connectivity index (χ0) is 13.7. The quantitative estimate of drug-likeness (QED) is 0.795. The molecule has 2 rings (SSSR count). The van der Waals surface area contributed by atoms with Crippen molar-refractivity contribution in [1.82, 2.24) is 4.98 Å². The molecular weight excluding hydrogens is 274 g/mol. The molecule has 0 radical (unpaired) electrons. The predicted octanol–water partition coefficient (Wildman–Crippen LogP) is 3.00. The van der Waals surface area contributed by atoms with E-state index in [1.807, 2.05) is 18.2 Å². The van der Waals surface area contributed by atoms with Gasteiger partial charge >= 0.3 is 0 Å². The minimum absolute atomic E-state index is 0.226. The summed E-state index contributed by atoms with van der Waals surface area (Å²) in [6.07, 6.45) is -2.42. The van der Waals surface area contributed by atoms with Crippen LogP contribution in [0, 0.1) is 0 Å². The maximum atomic E-state index is 11.8. The van der Waals surface area contributed by atoms with Gasteiger partial charge in [0, 0.05) is 6.54 Å². The molecule has 0 saturated heterocycles. The van der Waals surface area contributed by atoms with Gasteiger partial charge in [-0.1, -0.05) is 11.3 Å². The number of halogens is 2. The van der Waals surface area contributed by atoms with E-state index in [1.165, 1.54) is 11.3 Å². The number of aromatic nitrogens is 1. The number of benzene rings is 1. The average Bonchev–Trinajstić information content (AvgIpc) is 2.79. The van der Waals surface area contributed by atoms with Gasteiger partial charge in [0.2, 0.25) is 0 Å². The number of rotatable bonds is 7. The van der Waals surface area contributed by atoms with Gasteiger partial charge in [0.15, 0.2) is 5.13 Å². The van der Waals surface area contributed by atoms with E-state index >= 15 is 0 Å². The van der Waals surface area contributed by atoms with Crippen molar-refractivity contribution in [2.45, 2.75) is 6.43 Å². The minimum Gasteiger partial charge on any atom is -0.497 e. The summed E-state index contributed by atoms with van der Waals surface area (Å²) in [4.78, 5) is 4.37. The number of fused-ring (bicyclic) bond motifs is 1. The van der Waals surface area contributed by atoms with Crippen LogP contribution in [0.2, 0.25) is 0 Å². The van der Waals surface area contributed by atoms with Crippen LogP contribution in [-0.2, 0) is 4.74 Å². The largest absolute Gasteiger partial charge is 0.497 e. The summed E-state index contributed by atoms with van der Waals surface area (Å²) < 4.78 is 34.6. The molecule has 1 heterocycles. The summed E-state index contributed by atoms with van der Waals surface area (Å²) >= 11 is 1.49. The van der Waals surface area contributed by atoms with Crippen molar-refractivity contribution in [2.24, 2.45) is 0 Å². The molecule has 0 spiro atoms. The maximum Gasteiger partial charge on any atom is 0.261 e. The molecule has 19 heavy (non-hydrogen) atoms. The third kappa shape index (κ3) is 4.00. The second-order valence-corrected chi connectivity index (χ2v) is 4.78. The van der Waals surface area contributed by atoms with Gasteiger partial charge in [-0.2, -0.15) is 0 Å². The Morgan fingerprint density at radius 2 is 2.26 bits per heavy atom. The smallest absolute Gasteiger partial charge is 0.261 e. The molecule has 0 saturated carbocycles. The maximum absolute atomic E-state index is 11.8. The van der Waals surface area contributed by atoms with E-state index in [-0.39, 0.29) is 6.61 Å². The zero-order valence-electron chi connectivity index (χ0n) is 10.4. The summed E-state index contributed by atoms with van der Waals surface area (Å²) in [5.41, 5.74) is 0.877. The fraction of sp³-hybridized carbons (Fsp3) is 0.417. The summed E-state index contributed by atoms with van der Waals surface area (Å²) in [5, 5.41) is 3.78. The van der Waals surface area contributed by atoms with E-state index in [9.17, 15) is 8.78 Å². The second-order valence-electron chi connectivity index (χ2n) is 3.75. The average molecular weight is 288 g/mol. The first-order valence-electron chi connectivity index (χ1n) is 5.73. The molecule has 0 fully saturated rings. The normalized spacial score (nSPS) is 11.2. The van der Waals surface area contributed by atoms with E-state index in [0.717, 1.165) is 21.1 Å². The van der Waals surface area contributed by atoms with Gasteiger partial charge in [-0.15, -0.1) is 0 Å². The Kier molecular flexibility index (Phi) is 4.86. The summed E-state index contributed by atoms with van der Waals surface area (Å²) in [5.74, 6) is 0.781. The molecule has 1 N–H and O–H groups in total. The number of methoxy groups -OCH3 is 1. The zero-order valence-corrected chi connectivity index (χ0v) is 11.2. The summed E-state index contributed by atoms with van der Waals surface area (Å²) in [6, 6.07) is 5.63. The Morgan fingerprint density at radius 3 is 3.00 bits per heavy atom. The molecule has 0 unspecified atom stereocenters. The molecule has 0 atom stereocenters. The topological polar surface area (TPSA) is 43.4 Å². The molecular formula is C12H14F2N2O2S.